The Labute approximate surface area is 144 Å². The van der Waals surface area contributed by atoms with Gasteiger partial charge in [-0.3, -0.25) is 4.79 Å². The zero-order valence-electron chi connectivity index (χ0n) is 13.4. The molecule has 0 bridgehead atoms. The van der Waals surface area contributed by atoms with Crippen molar-refractivity contribution >= 4 is 23.6 Å². The minimum atomic E-state index is -1.47. The maximum atomic E-state index is 14.8. The number of carbonyl (C=O) groups excluding carboxylic acids is 1. The molecule has 7 heteroatoms. The van der Waals surface area contributed by atoms with E-state index in [0.29, 0.717) is 23.6 Å². The van der Waals surface area contributed by atoms with Gasteiger partial charge < -0.3 is 15.3 Å². The van der Waals surface area contributed by atoms with Crippen LogP contribution in [-0.4, -0.2) is 41.1 Å². The first-order chi connectivity index (χ1) is 11.2. The monoisotopic (exact) mass is 354 g/mol. The summed E-state index contributed by atoms with van der Waals surface area (Å²) >= 11 is 5.90. The Balaban J connectivity index is 1.54. The predicted molar refractivity (Wildman–Crippen MR) is 87.7 cm³/mol. The highest BCUT2D eigenvalue weighted by Crippen LogP contribution is 2.45. The van der Waals surface area contributed by atoms with Crippen LogP contribution in [-0.2, 0) is 10.5 Å². The fraction of sp³-hybridized carbons (Fsp3) is 0.529. The number of nitrogens with one attached hydrogen (secondary N) is 1. The number of rotatable bonds is 3. The van der Waals surface area contributed by atoms with Crippen molar-refractivity contribution in [1.29, 1.82) is 0 Å². The van der Waals surface area contributed by atoms with Crippen LogP contribution in [0.2, 0.25) is 5.02 Å². The van der Waals surface area contributed by atoms with E-state index in [9.17, 15) is 19.1 Å². The average molecular weight is 355 g/mol. The van der Waals surface area contributed by atoms with Gasteiger partial charge in [0.25, 0.3) is 0 Å². The number of carboxylic acid groups (broad SMARTS) is 1. The Morgan fingerprint density at radius 1 is 1.42 bits per heavy atom. The highest BCUT2D eigenvalue weighted by atomic mass is 35.5. The molecule has 1 aromatic rings. The van der Waals surface area contributed by atoms with Crippen LogP contribution in [0.1, 0.15) is 31.7 Å². The number of carbonyl (C=O) groups is 2. The number of halogens is 2. The Kier molecular flexibility index (Phi) is 4.20. The molecule has 1 heterocycles. The Morgan fingerprint density at radius 3 is 2.71 bits per heavy atom. The third-order valence-electron chi connectivity index (χ3n) is 5.09. The predicted octanol–water partition coefficient (Wildman–Crippen LogP) is 3.17. The van der Waals surface area contributed by atoms with Crippen molar-refractivity contribution in [3.63, 3.8) is 0 Å². The van der Waals surface area contributed by atoms with Gasteiger partial charge >= 0.3 is 12.0 Å². The molecule has 1 unspecified atom stereocenters. The number of amides is 2. The number of likely N-dealkylation sites (tertiary alicyclic amines) is 1. The maximum absolute atomic E-state index is 14.8. The molecular weight excluding hydrogens is 335 g/mol. The molecule has 24 heavy (non-hydrogen) atoms. The van der Waals surface area contributed by atoms with E-state index >= 15 is 0 Å². The topological polar surface area (TPSA) is 69.6 Å². The van der Waals surface area contributed by atoms with E-state index in [-0.39, 0.29) is 31.5 Å². The van der Waals surface area contributed by atoms with E-state index in [1.54, 1.807) is 31.2 Å². The van der Waals surface area contributed by atoms with Crippen LogP contribution in [0.4, 0.5) is 9.18 Å². The van der Waals surface area contributed by atoms with Gasteiger partial charge in [0.2, 0.25) is 0 Å². The highest BCUT2D eigenvalue weighted by Gasteiger charge is 2.48. The molecule has 2 N–H and O–H groups in total. The van der Waals surface area contributed by atoms with Crippen LogP contribution >= 0.6 is 11.6 Å². The summed E-state index contributed by atoms with van der Waals surface area (Å²) in [6, 6.07) is 6.14. The fourth-order valence-corrected chi connectivity index (χ4v) is 3.59. The second-order valence-corrected chi connectivity index (χ2v) is 7.50. The summed E-state index contributed by atoms with van der Waals surface area (Å²) in [5, 5.41) is 12.5. The maximum Gasteiger partial charge on any atom is 0.317 e. The molecule has 5 nitrogen and oxygen atoms in total. The average Bonchev–Trinajstić information content (AvgIpc) is 2.89. The van der Waals surface area contributed by atoms with Crippen LogP contribution in [0, 0.1) is 5.41 Å². The van der Waals surface area contributed by atoms with Crippen molar-refractivity contribution in [3.8, 4) is 0 Å². The molecule has 3 rings (SSSR count). The van der Waals surface area contributed by atoms with Crippen LogP contribution in [0.15, 0.2) is 24.3 Å². The Hall–Kier alpha value is -1.82. The molecule has 1 saturated carbocycles. The summed E-state index contributed by atoms with van der Waals surface area (Å²) in [5.74, 6) is -0.898. The van der Waals surface area contributed by atoms with Crippen molar-refractivity contribution in [2.75, 3.05) is 13.1 Å². The summed E-state index contributed by atoms with van der Waals surface area (Å²) in [5.41, 5.74) is -1.84. The van der Waals surface area contributed by atoms with Crippen LogP contribution in [0.3, 0.4) is 0 Å². The van der Waals surface area contributed by atoms with Gasteiger partial charge in [-0.1, -0.05) is 23.7 Å². The number of carboxylic acids is 1. The van der Waals surface area contributed by atoms with E-state index in [0.717, 1.165) is 0 Å². The van der Waals surface area contributed by atoms with Gasteiger partial charge in [-0.15, -0.1) is 0 Å². The number of aliphatic carboxylic acids is 1. The Morgan fingerprint density at radius 2 is 2.12 bits per heavy atom. The zero-order valence-corrected chi connectivity index (χ0v) is 14.1. The molecule has 1 aromatic carbocycles. The molecule has 1 saturated heterocycles. The number of nitrogens with zero attached hydrogens (tertiary/aromatic N) is 1. The molecular formula is C17H20ClFN2O3. The molecule has 1 aliphatic carbocycles. The van der Waals surface area contributed by atoms with Gasteiger partial charge in [-0.05, 0) is 31.0 Å². The minimum Gasteiger partial charge on any atom is -0.481 e. The van der Waals surface area contributed by atoms with Crippen molar-refractivity contribution in [2.24, 2.45) is 5.41 Å². The van der Waals surface area contributed by atoms with E-state index in [1.165, 1.54) is 4.90 Å². The van der Waals surface area contributed by atoms with E-state index in [1.807, 2.05) is 0 Å². The second kappa shape index (κ2) is 5.92. The fourth-order valence-electron chi connectivity index (χ4n) is 3.40. The van der Waals surface area contributed by atoms with E-state index in [4.69, 9.17) is 11.6 Å². The summed E-state index contributed by atoms with van der Waals surface area (Å²) < 4.78 is 14.8. The summed E-state index contributed by atoms with van der Waals surface area (Å²) in [4.78, 5) is 25.0. The standard InChI is InChI=1S/C17H20ClFN2O3/c1-16(14(22)23)5-6-21(10-16)15(24)20-13-8-17(19,9-13)11-3-2-4-12(18)7-11/h2-4,7,13H,5-6,8-10H2,1H3,(H,20,24)(H,22,23). The van der Waals surface area contributed by atoms with Gasteiger partial charge in [-0.2, -0.15) is 0 Å². The minimum absolute atomic E-state index is 0.177. The SMILES string of the molecule is CC1(C(=O)O)CCN(C(=O)NC2CC(F)(c3cccc(Cl)c3)C2)C1. The van der Waals surface area contributed by atoms with E-state index < -0.39 is 17.1 Å². The number of alkyl halides is 1. The molecule has 0 spiro atoms. The third-order valence-corrected chi connectivity index (χ3v) is 5.32. The van der Waals surface area contributed by atoms with Gasteiger partial charge in [0.1, 0.15) is 5.67 Å². The van der Waals surface area contributed by atoms with Crippen molar-refractivity contribution in [1.82, 2.24) is 10.2 Å². The van der Waals surface area contributed by atoms with Gasteiger partial charge in [-0.25, -0.2) is 9.18 Å². The quantitative estimate of drug-likeness (QED) is 0.875. The number of hydrogen-bond acceptors (Lipinski definition) is 2. The zero-order chi connectivity index (χ0) is 17.5. The van der Waals surface area contributed by atoms with Gasteiger partial charge in [0.15, 0.2) is 0 Å². The number of urea groups is 1. The molecule has 130 valence electrons. The second-order valence-electron chi connectivity index (χ2n) is 7.07. The lowest BCUT2D eigenvalue weighted by atomic mass is 9.73. The van der Waals surface area contributed by atoms with E-state index in [2.05, 4.69) is 5.32 Å². The van der Waals surface area contributed by atoms with Crippen LogP contribution < -0.4 is 5.32 Å². The first-order valence-corrected chi connectivity index (χ1v) is 8.33. The van der Waals surface area contributed by atoms with Crippen molar-refractivity contribution < 1.29 is 19.1 Å². The number of hydrogen-bond donors (Lipinski definition) is 2. The summed E-state index contributed by atoms with van der Waals surface area (Å²) in [6.45, 7) is 2.21. The third kappa shape index (κ3) is 3.07. The lowest BCUT2D eigenvalue weighted by Crippen LogP contribution is -2.54. The highest BCUT2D eigenvalue weighted by molar-refractivity contribution is 6.30. The summed E-state index contributed by atoms with van der Waals surface area (Å²) in [6.07, 6.45) is 0.822. The first kappa shape index (κ1) is 17.0. The van der Waals surface area contributed by atoms with Gasteiger partial charge in [0.05, 0.1) is 5.41 Å². The molecule has 2 amide bonds. The van der Waals surface area contributed by atoms with Crippen LogP contribution in [0.5, 0.6) is 0 Å². The Bertz CT molecular complexity index is 678. The van der Waals surface area contributed by atoms with Crippen molar-refractivity contribution in [2.45, 2.75) is 37.9 Å². The molecule has 2 fully saturated rings. The van der Waals surface area contributed by atoms with Gasteiger partial charge in [0, 0.05) is 37.0 Å². The molecule has 0 aromatic heterocycles. The molecule has 0 radical (unpaired) electrons. The lowest BCUT2D eigenvalue weighted by molar-refractivity contribution is -0.147. The largest absolute Gasteiger partial charge is 0.481 e. The molecule has 2 aliphatic rings. The van der Waals surface area contributed by atoms with Crippen molar-refractivity contribution in [3.05, 3.63) is 34.9 Å². The molecule has 1 atom stereocenters. The molecule has 1 aliphatic heterocycles. The smallest absolute Gasteiger partial charge is 0.317 e. The number of benzene rings is 1. The van der Waals surface area contributed by atoms with Crippen LogP contribution in [0.25, 0.3) is 0 Å². The lowest BCUT2D eigenvalue weighted by Gasteiger charge is -2.42. The normalized spacial score (nSPS) is 32.3. The summed E-state index contributed by atoms with van der Waals surface area (Å²) in [7, 11) is 0. The first-order valence-electron chi connectivity index (χ1n) is 7.96.